The van der Waals surface area contributed by atoms with Crippen LogP contribution in [0.25, 0.3) is 10.2 Å². The number of aliphatic carboxylic acids is 1. The number of nitro benzene ring substituents is 1. The molecule has 9 heteroatoms. The van der Waals surface area contributed by atoms with Gasteiger partial charge in [-0.1, -0.05) is 42.0 Å². The zero-order chi connectivity index (χ0) is 20.4. The van der Waals surface area contributed by atoms with Crippen molar-refractivity contribution in [2.24, 2.45) is 4.99 Å². The molecule has 0 bridgehead atoms. The van der Waals surface area contributed by atoms with E-state index in [1.807, 2.05) is 6.92 Å². The highest BCUT2D eigenvalue weighted by Crippen LogP contribution is 2.30. The van der Waals surface area contributed by atoms with Crippen molar-refractivity contribution in [1.29, 1.82) is 0 Å². The van der Waals surface area contributed by atoms with E-state index in [1.165, 1.54) is 16.7 Å². The molecule has 1 atom stereocenters. The second-order valence-corrected chi connectivity index (χ2v) is 7.16. The van der Waals surface area contributed by atoms with Crippen LogP contribution in [0.5, 0.6) is 0 Å². The maximum atomic E-state index is 12.6. The van der Waals surface area contributed by atoms with Crippen molar-refractivity contribution in [3.8, 4) is 0 Å². The molecule has 0 saturated heterocycles. The highest BCUT2D eigenvalue weighted by molar-refractivity contribution is 7.17. The molecule has 3 aromatic rings. The van der Waals surface area contributed by atoms with Gasteiger partial charge in [-0.15, -0.1) is 0 Å². The molecule has 1 amide bonds. The third-order valence-electron chi connectivity index (χ3n) is 4.31. The Kier molecular flexibility index (Phi) is 5.36. The molecule has 1 unspecified atom stereocenters. The number of nitrogens with zero attached hydrogens (tertiary/aromatic N) is 3. The summed E-state index contributed by atoms with van der Waals surface area (Å²) in [6.45, 7) is 3.58. The number of carbonyl (C=O) groups excluding carboxylic acids is 1. The first kappa shape index (κ1) is 19.4. The summed E-state index contributed by atoms with van der Waals surface area (Å²) in [5.74, 6) is -1.64. The van der Waals surface area contributed by atoms with Gasteiger partial charge in [0.1, 0.15) is 10.7 Å². The van der Waals surface area contributed by atoms with Crippen LogP contribution in [0.3, 0.4) is 0 Å². The van der Waals surface area contributed by atoms with Crippen LogP contribution in [0.15, 0.2) is 47.5 Å². The van der Waals surface area contributed by atoms with Crippen molar-refractivity contribution in [2.75, 3.05) is 0 Å². The lowest BCUT2D eigenvalue weighted by atomic mass is 10.1. The van der Waals surface area contributed by atoms with Crippen LogP contribution in [-0.4, -0.2) is 26.5 Å². The van der Waals surface area contributed by atoms with Gasteiger partial charge in [0.15, 0.2) is 4.80 Å². The summed E-state index contributed by atoms with van der Waals surface area (Å²) in [5, 5.41) is 21.0. The number of benzene rings is 2. The number of fused-ring (bicyclic) bond motifs is 1. The maximum absolute atomic E-state index is 12.6. The Labute approximate surface area is 163 Å². The van der Waals surface area contributed by atoms with Crippen molar-refractivity contribution in [1.82, 2.24) is 4.57 Å². The molecular formula is C19H17N3O5S. The Morgan fingerprint density at radius 2 is 1.93 bits per heavy atom. The third kappa shape index (κ3) is 3.56. The smallest absolute Gasteiger partial charge is 0.326 e. The van der Waals surface area contributed by atoms with Gasteiger partial charge in [0.25, 0.3) is 11.6 Å². The molecule has 1 heterocycles. The van der Waals surface area contributed by atoms with E-state index >= 15 is 0 Å². The summed E-state index contributed by atoms with van der Waals surface area (Å²) in [4.78, 5) is 39.4. The van der Waals surface area contributed by atoms with E-state index in [9.17, 15) is 24.8 Å². The Morgan fingerprint density at radius 1 is 1.25 bits per heavy atom. The molecule has 28 heavy (non-hydrogen) atoms. The molecule has 3 rings (SSSR count). The Morgan fingerprint density at radius 3 is 2.50 bits per heavy atom. The standard InChI is InChI=1S/C19H17N3O5S/c1-3-13(18(24)25)21-14-5-4-6-15(22(26)27)16(14)28-19(21)20-17(23)12-9-7-11(2)8-10-12/h4-10,13H,3H2,1-2H3,(H,24,25). The highest BCUT2D eigenvalue weighted by Gasteiger charge is 2.25. The molecule has 0 aliphatic heterocycles. The predicted octanol–water partition coefficient (Wildman–Crippen LogP) is 3.70. The first-order valence-electron chi connectivity index (χ1n) is 8.50. The molecule has 0 radical (unpaired) electrons. The van der Waals surface area contributed by atoms with Crippen LogP contribution < -0.4 is 4.80 Å². The SMILES string of the molecule is CCC(C(=O)O)n1c(=NC(=O)c2ccc(C)cc2)sc2c([N+](=O)[O-])cccc21. The van der Waals surface area contributed by atoms with Crippen molar-refractivity contribution in [2.45, 2.75) is 26.3 Å². The van der Waals surface area contributed by atoms with Crippen LogP contribution >= 0.6 is 11.3 Å². The van der Waals surface area contributed by atoms with Crippen molar-refractivity contribution < 1.29 is 19.6 Å². The van der Waals surface area contributed by atoms with Gasteiger partial charge in [-0.3, -0.25) is 14.9 Å². The number of amides is 1. The van der Waals surface area contributed by atoms with E-state index in [0.29, 0.717) is 11.1 Å². The van der Waals surface area contributed by atoms with Crippen molar-refractivity contribution >= 4 is 39.1 Å². The van der Waals surface area contributed by atoms with E-state index in [1.54, 1.807) is 37.3 Å². The second-order valence-electron chi connectivity index (χ2n) is 6.18. The number of carboxylic acids is 1. The molecule has 2 aromatic carbocycles. The number of thiazole rings is 1. The number of nitro groups is 1. The fourth-order valence-corrected chi connectivity index (χ4v) is 4.04. The van der Waals surface area contributed by atoms with E-state index in [-0.39, 0.29) is 21.6 Å². The lowest BCUT2D eigenvalue weighted by molar-refractivity contribution is -0.382. The highest BCUT2D eigenvalue weighted by atomic mass is 32.1. The summed E-state index contributed by atoms with van der Waals surface area (Å²) in [5.41, 5.74) is 1.55. The number of aromatic nitrogens is 1. The van der Waals surface area contributed by atoms with E-state index in [2.05, 4.69) is 4.99 Å². The molecule has 0 aliphatic carbocycles. The third-order valence-corrected chi connectivity index (χ3v) is 5.40. The molecule has 0 saturated carbocycles. The van der Waals surface area contributed by atoms with E-state index in [0.717, 1.165) is 16.9 Å². The molecule has 1 N–H and O–H groups in total. The number of carboxylic acid groups (broad SMARTS) is 1. The topological polar surface area (TPSA) is 115 Å². The molecule has 1 aromatic heterocycles. The summed E-state index contributed by atoms with van der Waals surface area (Å²) < 4.78 is 1.67. The number of aryl methyl sites for hydroxylation is 1. The molecule has 0 spiro atoms. The lowest BCUT2D eigenvalue weighted by Crippen LogP contribution is -2.27. The van der Waals surface area contributed by atoms with Gasteiger partial charge in [0, 0.05) is 11.6 Å². The average Bonchev–Trinajstić information content (AvgIpc) is 3.00. The Bertz CT molecular complexity index is 1140. The van der Waals surface area contributed by atoms with Gasteiger partial charge in [0.05, 0.1) is 10.4 Å². The zero-order valence-corrected chi connectivity index (χ0v) is 16.0. The quantitative estimate of drug-likeness (QED) is 0.519. The number of hydrogen-bond acceptors (Lipinski definition) is 5. The Balaban J connectivity index is 2.29. The van der Waals surface area contributed by atoms with Gasteiger partial charge in [-0.2, -0.15) is 4.99 Å². The minimum Gasteiger partial charge on any atom is -0.480 e. The number of non-ortho nitro benzene ring substituents is 1. The summed E-state index contributed by atoms with van der Waals surface area (Å²) in [6.07, 6.45) is 0.232. The summed E-state index contributed by atoms with van der Waals surface area (Å²) >= 11 is 0.937. The summed E-state index contributed by atoms with van der Waals surface area (Å²) in [7, 11) is 0. The van der Waals surface area contributed by atoms with Crippen LogP contribution in [0.4, 0.5) is 5.69 Å². The number of hydrogen-bond donors (Lipinski definition) is 1. The minimum atomic E-state index is -1.10. The molecule has 144 valence electrons. The average molecular weight is 399 g/mol. The predicted molar refractivity (Wildman–Crippen MR) is 105 cm³/mol. The molecule has 8 nitrogen and oxygen atoms in total. The van der Waals surface area contributed by atoms with Crippen molar-refractivity contribution in [3.63, 3.8) is 0 Å². The fourth-order valence-electron chi connectivity index (χ4n) is 2.89. The van der Waals surface area contributed by atoms with E-state index < -0.39 is 22.8 Å². The zero-order valence-electron chi connectivity index (χ0n) is 15.2. The molecule has 0 fully saturated rings. The largest absolute Gasteiger partial charge is 0.480 e. The second kappa shape index (κ2) is 7.73. The van der Waals surface area contributed by atoms with Gasteiger partial charge < -0.3 is 9.67 Å². The molecule has 0 aliphatic rings. The van der Waals surface area contributed by atoms with Crippen LogP contribution in [0.1, 0.15) is 35.3 Å². The van der Waals surface area contributed by atoms with Crippen LogP contribution in [0, 0.1) is 17.0 Å². The van der Waals surface area contributed by atoms with Gasteiger partial charge >= 0.3 is 5.97 Å². The van der Waals surface area contributed by atoms with Crippen LogP contribution in [0.2, 0.25) is 0 Å². The lowest BCUT2D eigenvalue weighted by Gasteiger charge is -2.13. The van der Waals surface area contributed by atoms with Gasteiger partial charge in [0.2, 0.25) is 0 Å². The van der Waals surface area contributed by atoms with Crippen LogP contribution in [-0.2, 0) is 4.79 Å². The van der Waals surface area contributed by atoms with Gasteiger partial charge in [-0.05, 0) is 31.5 Å². The fraction of sp³-hybridized carbons (Fsp3) is 0.211. The number of rotatable bonds is 5. The first-order valence-corrected chi connectivity index (χ1v) is 9.32. The first-order chi connectivity index (χ1) is 13.3. The molecular weight excluding hydrogens is 382 g/mol. The summed E-state index contributed by atoms with van der Waals surface area (Å²) in [6, 6.07) is 10.3. The van der Waals surface area contributed by atoms with Crippen molar-refractivity contribution in [3.05, 3.63) is 68.5 Å². The normalized spacial score (nSPS) is 12.9. The van der Waals surface area contributed by atoms with Gasteiger partial charge in [-0.25, -0.2) is 4.79 Å². The van der Waals surface area contributed by atoms with E-state index in [4.69, 9.17) is 0 Å². The monoisotopic (exact) mass is 399 g/mol. The maximum Gasteiger partial charge on any atom is 0.326 e. The minimum absolute atomic E-state index is 0.115. The Hall–Kier alpha value is -3.33. The number of carbonyl (C=O) groups is 2.